The van der Waals surface area contributed by atoms with E-state index in [2.05, 4.69) is 0 Å². The van der Waals surface area contributed by atoms with Gasteiger partial charge in [0.25, 0.3) is 0 Å². The van der Waals surface area contributed by atoms with Crippen LogP contribution in [0, 0.1) is 5.92 Å². The molecule has 0 bridgehead atoms. The average molecular weight is 313 g/mol. The maximum atomic E-state index is 14.8. The number of hydrogen-bond acceptors (Lipinski definition) is 0. The summed E-state index contributed by atoms with van der Waals surface area (Å²) in [6.07, 6.45) is 2.86. The molecule has 0 aromatic carbocycles. The maximum absolute atomic E-state index is 14.8. The highest BCUT2D eigenvalue weighted by atomic mass is 28.4. The second-order valence-electron chi connectivity index (χ2n) is 6.10. The van der Waals surface area contributed by atoms with E-state index >= 15 is 0 Å². The molecule has 0 saturated heterocycles. The molecule has 0 aliphatic heterocycles. The van der Waals surface area contributed by atoms with Gasteiger partial charge in [-0.05, 0) is 42.6 Å². The van der Waals surface area contributed by atoms with Gasteiger partial charge in [-0.25, -0.2) is 0 Å². The van der Waals surface area contributed by atoms with Crippen molar-refractivity contribution in [3.8, 4) is 0 Å². The molecular weight excluding hydrogens is 281 g/mol. The van der Waals surface area contributed by atoms with Gasteiger partial charge >= 0.3 is 8.74 Å². The summed E-state index contributed by atoms with van der Waals surface area (Å²) in [5, 5.41) is 0. The molecular formula is C14H31F3Si2. The molecule has 0 aromatic rings. The molecule has 5 heteroatoms. The van der Waals surface area contributed by atoms with Crippen LogP contribution in [0.3, 0.4) is 0 Å². The minimum Gasteiger partial charge on any atom is -0.314 e. The minimum atomic E-state index is -3.99. The van der Waals surface area contributed by atoms with Crippen LogP contribution in [-0.4, -0.2) is 17.1 Å². The Hall–Kier alpha value is 0.224. The largest absolute Gasteiger partial charge is 0.425 e. The van der Waals surface area contributed by atoms with Crippen LogP contribution < -0.4 is 0 Å². The molecule has 0 fully saturated rings. The minimum absolute atomic E-state index is 0.0603. The first kappa shape index (κ1) is 19.2. The molecule has 0 aromatic heterocycles. The topological polar surface area (TPSA) is 0 Å². The van der Waals surface area contributed by atoms with Crippen LogP contribution in [0.2, 0.25) is 30.2 Å². The van der Waals surface area contributed by atoms with E-state index in [1.54, 1.807) is 0 Å². The molecule has 1 atom stereocenters. The standard InChI is InChI=1S/C14H31F3Si2/c1-5-9-18(15,10-6-2)13-14(4)8-12-19(16,17)11-7-3/h14H,5-13H2,1-4H3. The molecule has 116 valence electrons. The number of hydrogen-bond donors (Lipinski definition) is 0. The lowest BCUT2D eigenvalue weighted by Crippen LogP contribution is -2.31. The highest BCUT2D eigenvalue weighted by Crippen LogP contribution is 2.33. The van der Waals surface area contributed by atoms with Gasteiger partial charge in [0.1, 0.15) is 0 Å². The van der Waals surface area contributed by atoms with Crippen molar-refractivity contribution in [2.75, 3.05) is 0 Å². The number of halogens is 3. The van der Waals surface area contributed by atoms with Crippen molar-refractivity contribution in [3.05, 3.63) is 0 Å². The Morgan fingerprint density at radius 1 is 0.789 bits per heavy atom. The van der Waals surface area contributed by atoms with Crippen molar-refractivity contribution >= 4 is 17.1 Å². The Morgan fingerprint density at radius 3 is 1.68 bits per heavy atom. The molecule has 0 N–H and O–H groups in total. The van der Waals surface area contributed by atoms with Crippen LogP contribution in [0.25, 0.3) is 0 Å². The summed E-state index contributed by atoms with van der Waals surface area (Å²) in [7, 11) is -6.64. The summed E-state index contributed by atoms with van der Waals surface area (Å²) >= 11 is 0. The van der Waals surface area contributed by atoms with Gasteiger partial charge in [-0.1, -0.05) is 47.0 Å². The lowest BCUT2D eigenvalue weighted by Gasteiger charge is -2.25. The molecule has 0 nitrogen and oxygen atoms in total. The smallest absolute Gasteiger partial charge is 0.314 e. The fraction of sp³-hybridized carbons (Fsp3) is 1.00. The Morgan fingerprint density at radius 2 is 1.26 bits per heavy atom. The first-order valence-corrected chi connectivity index (χ1v) is 12.5. The second-order valence-corrected chi connectivity index (χ2v) is 12.5. The molecule has 0 heterocycles. The van der Waals surface area contributed by atoms with Gasteiger partial charge in [0.05, 0.1) is 0 Å². The summed E-state index contributed by atoms with van der Waals surface area (Å²) in [6.45, 7) is 7.81. The zero-order valence-electron chi connectivity index (χ0n) is 13.1. The summed E-state index contributed by atoms with van der Waals surface area (Å²) < 4.78 is 41.9. The summed E-state index contributed by atoms with van der Waals surface area (Å²) in [5.41, 5.74) is 0. The zero-order chi connectivity index (χ0) is 14.9. The van der Waals surface area contributed by atoms with Crippen LogP contribution in [-0.2, 0) is 0 Å². The lowest BCUT2D eigenvalue weighted by atomic mass is 10.2. The highest BCUT2D eigenvalue weighted by Gasteiger charge is 2.37. The quantitative estimate of drug-likeness (QED) is 0.300. The molecule has 0 saturated carbocycles. The fourth-order valence-corrected chi connectivity index (χ4v) is 8.70. The third kappa shape index (κ3) is 8.89. The van der Waals surface area contributed by atoms with Gasteiger partial charge in [-0.15, -0.1) is 0 Å². The van der Waals surface area contributed by atoms with Gasteiger partial charge in [0.2, 0.25) is 8.41 Å². The van der Waals surface area contributed by atoms with E-state index in [9.17, 15) is 12.3 Å². The van der Waals surface area contributed by atoms with Crippen molar-refractivity contribution in [3.63, 3.8) is 0 Å². The predicted octanol–water partition coefficient (Wildman–Crippen LogP) is 6.54. The normalized spacial score (nSPS) is 14.7. The van der Waals surface area contributed by atoms with E-state index in [0.29, 0.717) is 31.0 Å². The molecule has 0 rings (SSSR count). The van der Waals surface area contributed by atoms with Gasteiger partial charge in [-0.2, -0.15) is 0 Å². The van der Waals surface area contributed by atoms with E-state index in [1.165, 1.54) is 0 Å². The van der Waals surface area contributed by atoms with E-state index < -0.39 is 17.1 Å². The van der Waals surface area contributed by atoms with Gasteiger partial charge in [-0.3, -0.25) is 8.22 Å². The van der Waals surface area contributed by atoms with Gasteiger partial charge in [0, 0.05) is 0 Å². The zero-order valence-corrected chi connectivity index (χ0v) is 15.1. The van der Waals surface area contributed by atoms with E-state index in [1.807, 2.05) is 27.7 Å². The van der Waals surface area contributed by atoms with Crippen LogP contribution >= 0.6 is 0 Å². The predicted molar refractivity (Wildman–Crippen MR) is 83.5 cm³/mol. The van der Waals surface area contributed by atoms with Crippen LogP contribution in [0.5, 0.6) is 0 Å². The molecule has 1 unspecified atom stereocenters. The average Bonchev–Trinajstić information content (AvgIpc) is 2.27. The molecule has 0 spiro atoms. The van der Waals surface area contributed by atoms with Gasteiger partial charge in [0.15, 0.2) is 0 Å². The fourth-order valence-electron chi connectivity index (χ4n) is 2.90. The van der Waals surface area contributed by atoms with E-state index in [0.717, 1.165) is 12.8 Å². The Bertz CT molecular complexity index is 229. The molecule has 0 radical (unpaired) electrons. The maximum Gasteiger partial charge on any atom is 0.425 e. The Balaban J connectivity index is 4.23. The summed E-state index contributed by atoms with van der Waals surface area (Å²) in [6, 6.07) is 2.15. The molecule has 19 heavy (non-hydrogen) atoms. The van der Waals surface area contributed by atoms with E-state index in [-0.39, 0.29) is 18.0 Å². The lowest BCUT2D eigenvalue weighted by molar-refractivity contribution is 0.522. The van der Waals surface area contributed by atoms with Crippen LogP contribution in [0.1, 0.15) is 53.4 Å². The van der Waals surface area contributed by atoms with Crippen molar-refractivity contribution in [1.29, 1.82) is 0 Å². The molecule has 0 aliphatic carbocycles. The third-order valence-electron chi connectivity index (χ3n) is 3.73. The van der Waals surface area contributed by atoms with Crippen LogP contribution in [0.15, 0.2) is 0 Å². The van der Waals surface area contributed by atoms with Crippen molar-refractivity contribution in [2.24, 2.45) is 5.92 Å². The third-order valence-corrected chi connectivity index (χ3v) is 10.2. The second kappa shape index (κ2) is 9.21. The van der Waals surface area contributed by atoms with Crippen molar-refractivity contribution in [1.82, 2.24) is 0 Å². The monoisotopic (exact) mass is 312 g/mol. The molecule has 0 amide bonds. The van der Waals surface area contributed by atoms with Gasteiger partial charge < -0.3 is 4.11 Å². The summed E-state index contributed by atoms with van der Waals surface area (Å²) in [5.74, 6) is 0.130. The SMILES string of the molecule is CCC[Si](F)(F)CCC(C)C[Si](F)(CCC)CCC. The van der Waals surface area contributed by atoms with Crippen molar-refractivity contribution in [2.45, 2.75) is 83.6 Å². The number of rotatable bonds is 11. The summed E-state index contributed by atoms with van der Waals surface area (Å²) in [4.78, 5) is 0. The highest BCUT2D eigenvalue weighted by molar-refractivity contribution is 6.73. The molecule has 0 aliphatic rings. The first-order valence-electron chi connectivity index (χ1n) is 7.85. The Labute approximate surface area is 119 Å². The Kier molecular flexibility index (Phi) is 9.32. The first-order chi connectivity index (χ1) is 8.78. The van der Waals surface area contributed by atoms with Crippen molar-refractivity contribution < 1.29 is 12.3 Å². The van der Waals surface area contributed by atoms with Crippen LogP contribution in [0.4, 0.5) is 12.3 Å². The van der Waals surface area contributed by atoms with E-state index in [4.69, 9.17) is 0 Å².